The number of halogens is 1. The lowest BCUT2D eigenvalue weighted by Gasteiger charge is -2.14. The molecule has 1 aromatic carbocycles. The second kappa shape index (κ2) is 5.35. The Kier molecular flexibility index (Phi) is 3.58. The van der Waals surface area contributed by atoms with Crippen LogP contribution in [-0.4, -0.2) is 15.6 Å². The average molecular weight is 276 g/mol. The van der Waals surface area contributed by atoms with Crippen molar-refractivity contribution in [2.75, 3.05) is 0 Å². The maximum absolute atomic E-state index is 6.37. The van der Waals surface area contributed by atoms with Gasteiger partial charge in [0, 0.05) is 42.0 Å². The summed E-state index contributed by atoms with van der Waals surface area (Å²) < 4.78 is 2.13. The van der Waals surface area contributed by atoms with E-state index in [4.69, 9.17) is 11.6 Å². The second-order valence-corrected chi connectivity index (χ2v) is 5.37. The van der Waals surface area contributed by atoms with Crippen molar-refractivity contribution in [3.05, 3.63) is 47.0 Å². The van der Waals surface area contributed by atoms with Gasteiger partial charge in [-0.3, -0.25) is 0 Å². The van der Waals surface area contributed by atoms with Gasteiger partial charge in [-0.15, -0.1) is 0 Å². The zero-order valence-electron chi connectivity index (χ0n) is 11.1. The molecular formula is C15H18ClN3. The van der Waals surface area contributed by atoms with Gasteiger partial charge in [-0.25, -0.2) is 4.98 Å². The van der Waals surface area contributed by atoms with Crippen molar-refractivity contribution in [1.29, 1.82) is 0 Å². The summed E-state index contributed by atoms with van der Waals surface area (Å²) in [6, 6.07) is 6.74. The summed E-state index contributed by atoms with van der Waals surface area (Å²) in [7, 11) is 0. The number of aromatic nitrogens is 2. The number of nitrogens with one attached hydrogen (secondary N) is 1. The highest BCUT2D eigenvalue weighted by Crippen LogP contribution is 2.26. The molecule has 1 saturated carbocycles. The summed E-state index contributed by atoms with van der Waals surface area (Å²) in [6.45, 7) is 2.94. The van der Waals surface area contributed by atoms with Gasteiger partial charge < -0.3 is 9.88 Å². The first-order valence-corrected chi connectivity index (χ1v) is 7.20. The zero-order valence-corrected chi connectivity index (χ0v) is 11.8. The molecule has 0 bridgehead atoms. The molecule has 1 aromatic heterocycles. The van der Waals surface area contributed by atoms with Gasteiger partial charge in [0.05, 0.1) is 5.69 Å². The fraction of sp³-hybridized carbons (Fsp3) is 0.400. The highest BCUT2D eigenvalue weighted by atomic mass is 35.5. The molecule has 0 amide bonds. The van der Waals surface area contributed by atoms with Crippen molar-refractivity contribution in [3.63, 3.8) is 0 Å². The Morgan fingerprint density at radius 1 is 1.42 bits per heavy atom. The number of aryl methyl sites for hydroxylation is 1. The van der Waals surface area contributed by atoms with Gasteiger partial charge in [-0.1, -0.05) is 24.6 Å². The quantitative estimate of drug-likeness (QED) is 0.907. The van der Waals surface area contributed by atoms with E-state index in [9.17, 15) is 0 Å². The molecule has 1 N–H and O–H groups in total. The third-order valence-electron chi connectivity index (χ3n) is 3.53. The lowest BCUT2D eigenvalue weighted by atomic mass is 10.1. The molecule has 0 spiro atoms. The van der Waals surface area contributed by atoms with Crippen molar-refractivity contribution in [2.45, 2.75) is 38.8 Å². The third-order valence-corrected chi connectivity index (χ3v) is 3.89. The molecule has 0 aliphatic heterocycles. The predicted octanol–water partition coefficient (Wildman–Crippen LogP) is 3.34. The van der Waals surface area contributed by atoms with Gasteiger partial charge >= 0.3 is 0 Å². The summed E-state index contributed by atoms with van der Waals surface area (Å²) in [5, 5.41) is 4.36. The maximum Gasteiger partial charge on any atom is 0.112 e. The number of imidazole rings is 1. The molecule has 4 heteroatoms. The molecule has 1 fully saturated rings. The molecule has 1 heterocycles. The van der Waals surface area contributed by atoms with Crippen molar-refractivity contribution in [2.24, 2.45) is 0 Å². The third kappa shape index (κ3) is 2.67. The fourth-order valence-corrected chi connectivity index (χ4v) is 2.53. The monoisotopic (exact) mass is 275 g/mol. The minimum absolute atomic E-state index is 0.678. The van der Waals surface area contributed by atoms with E-state index in [1.165, 1.54) is 12.8 Å². The van der Waals surface area contributed by atoms with E-state index >= 15 is 0 Å². The van der Waals surface area contributed by atoms with Crippen molar-refractivity contribution >= 4 is 11.6 Å². The van der Waals surface area contributed by atoms with Crippen molar-refractivity contribution in [3.8, 4) is 5.69 Å². The molecule has 19 heavy (non-hydrogen) atoms. The highest BCUT2D eigenvalue weighted by Gasteiger charge is 2.21. The summed E-state index contributed by atoms with van der Waals surface area (Å²) in [4.78, 5) is 4.39. The molecule has 0 radical (unpaired) electrons. The molecule has 1 aliphatic carbocycles. The number of nitrogens with zero attached hydrogens (tertiary/aromatic N) is 2. The van der Waals surface area contributed by atoms with Gasteiger partial charge in [0.25, 0.3) is 0 Å². The standard InChI is InChI=1S/C15H18ClN3/c1-2-15-17-8-9-19(15)14-5-3-4-13(16)12(14)10-18-11-6-7-11/h3-5,8-9,11,18H,2,6-7,10H2,1H3. The van der Waals surface area contributed by atoms with Crippen molar-refractivity contribution in [1.82, 2.24) is 14.9 Å². The zero-order chi connectivity index (χ0) is 13.2. The first-order valence-electron chi connectivity index (χ1n) is 6.83. The lowest BCUT2D eigenvalue weighted by Crippen LogP contribution is -2.17. The lowest BCUT2D eigenvalue weighted by molar-refractivity contribution is 0.683. The number of rotatable bonds is 5. The summed E-state index contributed by atoms with van der Waals surface area (Å²) >= 11 is 6.37. The SMILES string of the molecule is CCc1nccn1-c1cccc(Cl)c1CNC1CC1. The fourth-order valence-electron chi connectivity index (χ4n) is 2.30. The number of hydrogen-bond donors (Lipinski definition) is 1. The number of benzene rings is 1. The van der Waals surface area contributed by atoms with Crippen molar-refractivity contribution < 1.29 is 0 Å². The van der Waals surface area contributed by atoms with Crippen LogP contribution in [-0.2, 0) is 13.0 Å². The van der Waals surface area contributed by atoms with E-state index in [1.54, 1.807) is 0 Å². The minimum atomic E-state index is 0.678. The van der Waals surface area contributed by atoms with Gasteiger partial charge in [0.1, 0.15) is 5.82 Å². The first-order chi connectivity index (χ1) is 9.29. The van der Waals surface area contributed by atoms with E-state index in [0.717, 1.165) is 35.1 Å². The largest absolute Gasteiger partial charge is 0.310 e. The molecule has 2 aromatic rings. The molecule has 0 saturated heterocycles. The summed E-state index contributed by atoms with van der Waals surface area (Å²) in [5.74, 6) is 1.06. The Morgan fingerprint density at radius 2 is 2.26 bits per heavy atom. The maximum atomic E-state index is 6.37. The predicted molar refractivity (Wildman–Crippen MR) is 77.8 cm³/mol. The molecule has 0 unspecified atom stereocenters. The van der Waals surface area contributed by atoms with Crippen LogP contribution in [0.3, 0.4) is 0 Å². The average Bonchev–Trinajstić information content (AvgIpc) is 3.12. The molecule has 0 atom stereocenters. The number of hydrogen-bond acceptors (Lipinski definition) is 2. The topological polar surface area (TPSA) is 29.9 Å². The Labute approximate surface area is 118 Å². The van der Waals surface area contributed by atoms with Crippen LogP contribution >= 0.6 is 11.6 Å². The second-order valence-electron chi connectivity index (χ2n) is 4.96. The van der Waals surface area contributed by atoms with Crippen LogP contribution in [0.15, 0.2) is 30.6 Å². The Balaban J connectivity index is 1.97. The van der Waals surface area contributed by atoms with Crippen LogP contribution in [0.2, 0.25) is 5.02 Å². The van der Waals surface area contributed by atoms with Gasteiger partial charge in [-0.2, -0.15) is 0 Å². The summed E-state index contributed by atoms with van der Waals surface area (Å²) in [5.41, 5.74) is 2.29. The van der Waals surface area contributed by atoms with Crippen LogP contribution < -0.4 is 5.32 Å². The van der Waals surface area contributed by atoms with Gasteiger partial charge in [0.2, 0.25) is 0 Å². The minimum Gasteiger partial charge on any atom is -0.310 e. The van der Waals surface area contributed by atoms with Crippen LogP contribution in [0.1, 0.15) is 31.2 Å². The van der Waals surface area contributed by atoms with Crippen LogP contribution in [0.25, 0.3) is 5.69 Å². The van der Waals surface area contributed by atoms with E-state index in [1.807, 2.05) is 24.5 Å². The Bertz CT molecular complexity index is 573. The van der Waals surface area contributed by atoms with Gasteiger partial charge in [-0.05, 0) is 25.0 Å². The van der Waals surface area contributed by atoms with E-state index in [2.05, 4.69) is 27.9 Å². The molecule has 3 nitrogen and oxygen atoms in total. The van der Waals surface area contributed by atoms with E-state index in [0.29, 0.717) is 6.04 Å². The van der Waals surface area contributed by atoms with Crippen LogP contribution in [0, 0.1) is 0 Å². The highest BCUT2D eigenvalue weighted by molar-refractivity contribution is 6.31. The smallest absolute Gasteiger partial charge is 0.112 e. The molecular weight excluding hydrogens is 258 g/mol. The van der Waals surface area contributed by atoms with E-state index < -0.39 is 0 Å². The van der Waals surface area contributed by atoms with Gasteiger partial charge in [0.15, 0.2) is 0 Å². The van der Waals surface area contributed by atoms with Crippen LogP contribution in [0.5, 0.6) is 0 Å². The van der Waals surface area contributed by atoms with Crippen LogP contribution in [0.4, 0.5) is 0 Å². The molecule has 100 valence electrons. The molecule has 1 aliphatic rings. The Morgan fingerprint density at radius 3 is 3.00 bits per heavy atom. The van der Waals surface area contributed by atoms with E-state index in [-0.39, 0.29) is 0 Å². The Hall–Kier alpha value is -1.32. The first kappa shape index (κ1) is 12.7. The normalized spacial score (nSPS) is 14.8. The molecule has 3 rings (SSSR count). The summed E-state index contributed by atoms with van der Waals surface area (Å²) in [6.07, 6.45) is 7.33.